The fourth-order valence-electron chi connectivity index (χ4n) is 1.67. The monoisotopic (exact) mass is 283 g/mol. The largest absolute Gasteiger partial charge is 0.469 e. The SMILES string of the molecule is COC(=O)CC(O)C(O)c1cc(N)cc(C(=O)OC)c1. The fourth-order valence-corrected chi connectivity index (χ4v) is 1.67. The maximum Gasteiger partial charge on any atom is 0.337 e. The maximum atomic E-state index is 11.4. The Morgan fingerprint density at radius 2 is 1.85 bits per heavy atom. The van der Waals surface area contributed by atoms with Gasteiger partial charge >= 0.3 is 11.9 Å². The number of hydrogen-bond acceptors (Lipinski definition) is 7. The lowest BCUT2D eigenvalue weighted by molar-refractivity contribution is -0.144. The maximum absolute atomic E-state index is 11.4. The van der Waals surface area contributed by atoms with Crippen molar-refractivity contribution in [2.24, 2.45) is 0 Å². The van der Waals surface area contributed by atoms with Gasteiger partial charge in [-0.3, -0.25) is 4.79 Å². The number of hydrogen-bond donors (Lipinski definition) is 3. The van der Waals surface area contributed by atoms with Gasteiger partial charge in [0.1, 0.15) is 6.10 Å². The number of carbonyl (C=O) groups is 2. The first-order chi connectivity index (χ1) is 9.38. The summed E-state index contributed by atoms with van der Waals surface area (Å²) in [6, 6.07) is 4.12. The molecule has 1 aromatic rings. The van der Waals surface area contributed by atoms with Crippen molar-refractivity contribution in [2.45, 2.75) is 18.6 Å². The number of benzene rings is 1. The van der Waals surface area contributed by atoms with E-state index in [4.69, 9.17) is 5.73 Å². The highest BCUT2D eigenvalue weighted by atomic mass is 16.5. The predicted molar refractivity (Wildman–Crippen MR) is 69.8 cm³/mol. The van der Waals surface area contributed by atoms with Crippen LogP contribution < -0.4 is 5.73 Å². The molecule has 0 heterocycles. The number of carbonyl (C=O) groups excluding carboxylic acids is 2. The molecule has 0 amide bonds. The third-order valence-electron chi connectivity index (χ3n) is 2.71. The highest BCUT2D eigenvalue weighted by Gasteiger charge is 2.23. The molecule has 4 N–H and O–H groups in total. The number of methoxy groups -OCH3 is 2. The highest BCUT2D eigenvalue weighted by Crippen LogP contribution is 2.23. The lowest BCUT2D eigenvalue weighted by atomic mass is 9.99. The summed E-state index contributed by atoms with van der Waals surface area (Å²) >= 11 is 0. The van der Waals surface area contributed by atoms with E-state index in [1.165, 1.54) is 32.4 Å². The van der Waals surface area contributed by atoms with Gasteiger partial charge in [-0.1, -0.05) is 0 Å². The van der Waals surface area contributed by atoms with Crippen LogP contribution >= 0.6 is 0 Å². The van der Waals surface area contributed by atoms with Crippen molar-refractivity contribution in [3.63, 3.8) is 0 Å². The van der Waals surface area contributed by atoms with E-state index in [1.54, 1.807) is 0 Å². The summed E-state index contributed by atoms with van der Waals surface area (Å²) < 4.78 is 8.96. The molecule has 20 heavy (non-hydrogen) atoms. The Morgan fingerprint density at radius 1 is 1.20 bits per heavy atom. The number of ether oxygens (including phenoxy) is 2. The van der Waals surface area contributed by atoms with Gasteiger partial charge in [0.25, 0.3) is 0 Å². The molecule has 2 unspecified atom stereocenters. The summed E-state index contributed by atoms with van der Waals surface area (Å²) in [7, 11) is 2.39. The van der Waals surface area contributed by atoms with E-state index in [9.17, 15) is 19.8 Å². The fraction of sp³-hybridized carbons (Fsp3) is 0.385. The van der Waals surface area contributed by atoms with Gasteiger partial charge < -0.3 is 25.4 Å². The number of anilines is 1. The van der Waals surface area contributed by atoms with Crippen LogP contribution in [-0.4, -0.2) is 42.5 Å². The van der Waals surface area contributed by atoms with Crippen LogP contribution in [0.15, 0.2) is 18.2 Å². The van der Waals surface area contributed by atoms with Crippen molar-refractivity contribution in [3.8, 4) is 0 Å². The number of esters is 2. The second kappa shape index (κ2) is 6.88. The number of rotatable bonds is 5. The van der Waals surface area contributed by atoms with Gasteiger partial charge in [-0.05, 0) is 23.8 Å². The second-order valence-corrected chi connectivity index (χ2v) is 4.17. The molecule has 0 aromatic heterocycles. The molecule has 0 aliphatic carbocycles. The Morgan fingerprint density at radius 3 is 2.40 bits per heavy atom. The van der Waals surface area contributed by atoms with Crippen molar-refractivity contribution < 1.29 is 29.3 Å². The van der Waals surface area contributed by atoms with Crippen LogP contribution in [0.25, 0.3) is 0 Å². The van der Waals surface area contributed by atoms with Gasteiger partial charge in [0, 0.05) is 5.69 Å². The van der Waals surface area contributed by atoms with E-state index in [0.29, 0.717) is 0 Å². The molecule has 0 aliphatic rings. The van der Waals surface area contributed by atoms with Crippen LogP contribution in [-0.2, 0) is 14.3 Å². The standard InChI is InChI=1S/C13H17NO6/c1-19-11(16)6-10(15)12(17)7-3-8(13(18)20-2)5-9(14)4-7/h3-5,10,12,15,17H,6,14H2,1-2H3. The predicted octanol–water partition coefficient (Wildman–Crippen LogP) is 0.0128. The molecule has 0 saturated heterocycles. The quantitative estimate of drug-likeness (QED) is 0.514. The third-order valence-corrected chi connectivity index (χ3v) is 2.71. The summed E-state index contributed by atoms with van der Waals surface area (Å²) in [6.45, 7) is 0. The molecule has 7 heteroatoms. The summed E-state index contributed by atoms with van der Waals surface area (Å²) in [4.78, 5) is 22.5. The van der Waals surface area contributed by atoms with Crippen LogP contribution in [0, 0.1) is 0 Å². The first-order valence-electron chi connectivity index (χ1n) is 5.80. The van der Waals surface area contributed by atoms with Crippen molar-refractivity contribution >= 4 is 17.6 Å². The topological polar surface area (TPSA) is 119 Å². The number of aliphatic hydroxyl groups is 2. The Hall–Kier alpha value is -2.12. The zero-order valence-electron chi connectivity index (χ0n) is 11.2. The van der Waals surface area contributed by atoms with Gasteiger partial charge in [-0.2, -0.15) is 0 Å². The second-order valence-electron chi connectivity index (χ2n) is 4.17. The van der Waals surface area contributed by atoms with E-state index in [2.05, 4.69) is 9.47 Å². The van der Waals surface area contributed by atoms with E-state index < -0.39 is 24.1 Å². The van der Waals surface area contributed by atoms with Crippen LogP contribution in [0.1, 0.15) is 28.4 Å². The molecule has 0 radical (unpaired) electrons. The van der Waals surface area contributed by atoms with E-state index in [1.807, 2.05) is 0 Å². The minimum absolute atomic E-state index is 0.145. The zero-order chi connectivity index (χ0) is 15.3. The number of aliphatic hydroxyl groups excluding tert-OH is 2. The molecule has 1 rings (SSSR count). The minimum atomic E-state index is -1.37. The van der Waals surface area contributed by atoms with Crippen molar-refractivity contribution in [2.75, 3.05) is 20.0 Å². The van der Waals surface area contributed by atoms with Crippen molar-refractivity contribution in [1.29, 1.82) is 0 Å². The van der Waals surface area contributed by atoms with Gasteiger partial charge in [0.15, 0.2) is 0 Å². The molecule has 1 aromatic carbocycles. The number of nitrogen functional groups attached to an aromatic ring is 1. The average Bonchev–Trinajstić information content (AvgIpc) is 2.44. The van der Waals surface area contributed by atoms with E-state index >= 15 is 0 Å². The van der Waals surface area contributed by atoms with Gasteiger partial charge in [-0.15, -0.1) is 0 Å². The first-order valence-corrected chi connectivity index (χ1v) is 5.80. The molecule has 0 spiro atoms. The Bertz CT molecular complexity index is 502. The lowest BCUT2D eigenvalue weighted by Gasteiger charge is -2.18. The Labute approximate surface area is 115 Å². The molecule has 0 bridgehead atoms. The molecular formula is C13H17NO6. The van der Waals surface area contributed by atoms with Crippen molar-refractivity contribution in [1.82, 2.24) is 0 Å². The van der Waals surface area contributed by atoms with Crippen LogP contribution in [0.4, 0.5) is 5.69 Å². The molecule has 0 aliphatic heterocycles. The molecule has 0 saturated carbocycles. The van der Waals surface area contributed by atoms with Gasteiger partial charge in [0.2, 0.25) is 0 Å². The van der Waals surface area contributed by atoms with Crippen LogP contribution in [0.3, 0.4) is 0 Å². The van der Waals surface area contributed by atoms with Gasteiger partial charge in [0.05, 0.1) is 32.3 Å². The smallest absolute Gasteiger partial charge is 0.337 e. The Kier molecular flexibility index (Phi) is 5.48. The molecule has 110 valence electrons. The first kappa shape index (κ1) is 15.9. The molecule has 7 nitrogen and oxygen atoms in total. The Balaban J connectivity index is 2.97. The minimum Gasteiger partial charge on any atom is -0.469 e. The summed E-state index contributed by atoms with van der Waals surface area (Å²) in [5, 5.41) is 19.7. The van der Waals surface area contributed by atoms with E-state index in [-0.39, 0.29) is 23.2 Å². The molecule has 2 atom stereocenters. The lowest BCUT2D eigenvalue weighted by Crippen LogP contribution is -2.23. The van der Waals surface area contributed by atoms with Crippen molar-refractivity contribution in [3.05, 3.63) is 29.3 Å². The third kappa shape index (κ3) is 3.94. The summed E-state index contributed by atoms with van der Waals surface area (Å²) in [6.07, 6.45) is -3.12. The molecule has 0 fully saturated rings. The average molecular weight is 283 g/mol. The zero-order valence-corrected chi connectivity index (χ0v) is 11.2. The summed E-state index contributed by atoms with van der Waals surface area (Å²) in [5.41, 5.74) is 6.21. The number of nitrogens with two attached hydrogens (primary N) is 1. The normalized spacial score (nSPS) is 13.4. The highest BCUT2D eigenvalue weighted by molar-refractivity contribution is 5.90. The van der Waals surface area contributed by atoms with Gasteiger partial charge in [-0.25, -0.2) is 4.79 Å². The van der Waals surface area contributed by atoms with E-state index in [0.717, 1.165) is 0 Å². The van der Waals surface area contributed by atoms with Crippen LogP contribution in [0.2, 0.25) is 0 Å². The van der Waals surface area contributed by atoms with Crippen LogP contribution in [0.5, 0.6) is 0 Å². The summed E-state index contributed by atoms with van der Waals surface area (Å²) in [5.74, 6) is -1.28. The molecular weight excluding hydrogens is 266 g/mol.